The number of methoxy groups -OCH3 is 1. The maximum Gasteiger partial charge on any atom is 0.406 e. The van der Waals surface area contributed by atoms with Crippen LogP contribution in [0.4, 0.5) is 13.2 Å². The number of likely N-dealkylation sites (N-methyl/N-ethyl adjacent to an activating group) is 1. The van der Waals surface area contributed by atoms with Crippen molar-refractivity contribution in [2.75, 3.05) is 40.8 Å². The van der Waals surface area contributed by atoms with Gasteiger partial charge in [0, 0.05) is 20.6 Å². The van der Waals surface area contributed by atoms with Crippen molar-refractivity contribution in [1.82, 2.24) is 15.5 Å². The summed E-state index contributed by atoms with van der Waals surface area (Å²) in [6, 6.07) is 7.89. The number of nitrogens with zero attached hydrogens (tertiary/aromatic N) is 2. The van der Waals surface area contributed by atoms with Crippen LogP contribution < -0.4 is 15.4 Å². The minimum Gasteiger partial charge on any atom is -0.497 e. The van der Waals surface area contributed by atoms with Gasteiger partial charge in [-0.2, -0.15) is 13.2 Å². The standard InChI is InChI=1S/C18H27F3N4O2/c1-22-17(24-12-16(26)25(2)13-18(19,20)21)23-11-5-4-6-14-7-9-15(27-3)10-8-14/h7-10H,4-6,11-13H2,1-3H3,(H2,22,23,24). The van der Waals surface area contributed by atoms with E-state index in [1.165, 1.54) is 12.6 Å². The Labute approximate surface area is 157 Å². The van der Waals surface area contributed by atoms with Gasteiger partial charge in [0.25, 0.3) is 0 Å². The molecule has 0 radical (unpaired) electrons. The molecule has 1 amide bonds. The number of aryl methyl sites for hydroxylation is 1. The third-order valence-corrected chi connectivity index (χ3v) is 3.82. The monoisotopic (exact) mass is 388 g/mol. The van der Waals surface area contributed by atoms with E-state index in [0.29, 0.717) is 17.4 Å². The van der Waals surface area contributed by atoms with Gasteiger partial charge < -0.3 is 20.3 Å². The zero-order valence-corrected chi connectivity index (χ0v) is 15.9. The number of nitrogens with one attached hydrogen (secondary N) is 2. The van der Waals surface area contributed by atoms with Crippen molar-refractivity contribution in [2.45, 2.75) is 25.4 Å². The van der Waals surface area contributed by atoms with Crippen molar-refractivity contribution < 1.29 is 22.7 Å². The Morgan fingerprint density at radius 2 is 1.85 bits per heavy atom. The second kappa shape index (κ2) is 11.3. The Morgan fingerprint density at radius 3 is 2.41 bits per heavy atom. The van der Waals surface area contributed by atoms with Crippen LogP contribution in [0.1, 0.15) is 18.4 Å². The van der Waals surface area contributed by atoms with Crippen molar-refractivity contribution in [3.8, 4) is 5.75 Å². The highest BCUT2D eigenvalue weighted by Crippen LogP contribution is 2.15. The van der Waals surface area contributed by atoms with E-state index >= 15 is 0 Å². The molecule has 0 aliphatic rings. The number of carbonyl (C=O) groups excluding carboxylic acids is 1. The molecule has 27 heavy (non-hydrogen) atoms. The fourth-order valence-electron chi connectivity index (χ4n) is 2.33. The smallest absolute Gasteiger partial charge is 0.406 e. The summed E-state index contributed by atoms with van der Waals surface area (Å²) in [5, 5.41) is 5.77. The summed E-state index contributed by atoms with van der Waals surface area (Å²) in [5.74, 6) is 0.550. The Hall–Kier alpha value is -2.45. The third-order valence-electron chi connectivity index (χ3n) is 3.82. The van der Waals surface area contributed by atoms with Gasteiger partial charge in [-0.05, 0) is 37.0 Å². The molecule has 0 spiro atoms. The molecule has 2 N–H and O–H groups in total. The highest BCUT2D eigenvalue weighted by molar-refractivity contribution is 5.86. The normalized spacial score (nSPS) is 11.9. The van der Waals surface area contributed by atoms with Gasteiger partial charge in [-0.25, -0.2) is 0 Å². The molecule has 1 rings (SSSR count). The SMILES string of the molecule is CN=C(NCCCCc1ccc(OC)cc1)NCC(=O)N(C)CC(F)(F)F. The number of halogens is 3. The summed E-state index contributed by atoms with van der Waals surface area (Å²) in [6.07, 6.45) is -1.63. The molecule has 6 nitrogen and oxygen atoms in total. The average Bonchev–Trinajstić information content (AvgIpc) is 2.62. The molecule has 0 bridgehead atoms. The molecule has 0 saturated carbocycles. The summed E-state index contributed by atoms with van der Waals surface area (Å²) in [4.78, 5) is 16.3. The van der Waals surface area contributed by atoms with Crippen LogP contribution in [0.2, 0.25) is 0 Å². The summed E-state index contributed by atoms with van der Waals surface area (Å²) in [6.45, 7) is -0.884. The first kappa shape index (κ1) is 22.6. The van der Waals surface area contributed by atoms with Gasteiger partial charge in [-0.3, -0.25) is 9.79 Å². The zero-order chi connectivity index (χ0) is 20.3. The fourth-order valence-corrected chi connectivity index (χ4v) is 2.33. The molecule has 0 aliphatic carbocycles. The van der Waals surface area contributed by atoms with Crippen molar-refractivity contribution in [3.05, 3.63) is 29.8 Å². The van der Waals surface area contributed by atoms with Gasteiger partial charge in [0.05, 0.1) is 13.7 Å². The Kier molecular flexibility index (Phi) is 9.46. The molecule has 9 heteroatoms. The molecule has 1 aromatic carbocycles. The molecule has 0 aliphatic heterocycles. The lowest BCUT2D eigenvalue weighted by molar-refractivity contribution is -0.157. The maximum atomic E-state index is 12.3. The number of unbranched alkanes of at least 4 members (excludes halogenated alkanes) is 1. The van der Waals surface area contributed by atoms with Crippen molar-refractivity contribution in [2.24, 2.45) is 4.99 Å². The number of alkyl halides is 3. The number of guanidine groups is 1. The fraction of sp³-hybridized carbons (Fsp3) is 0.556. The molecule has 0 aromatic heterocycles. The quantitative estimate of drug-likeness (QED) is 0.387. The highest BCUT2D eigenvalue weighted by Gasteiger charge is 2.31. The number of amides is 1. The first-order chi connectivity index (χ1) is 12.7. The van der Waals surface area contributed by atoms with E-state index in [9.17, 15) is 18.0 Å². The second-order valence-electron chi connectivity index (χ2n) is 6.02. The maximum absolute atomic E-state index is 12.3. The van der Waals surface area contributed by atoms with Crippen molar-refractivity contribution in [3.63, 3.8) is 0 Å². The van der Waals surface area contributed by atoms with Gasteiger partial charge in [0.15, 0.2) is 5.96 Å². The van der Waals surface area contributed by atoms with Gasteiger partial charge in [-0.1, -0.05) is 12.1 Å². The lowest BCUT2D eigenvalue weighted by Gasteiger charge is -2.20. The predicted octanol–water partition coefficient (Wildman–Crippen LogP) is 2.20. The number of carbonyl (C=O) groups is 1. The second-order valence-corrected chi connectivity index (χ2v) is 6.02. The van der Waals surface area contributed by atoms with Crippen LogP contribution in [0, 0.1) is 0 Å². The summed E-state index contributed by atoms with van der Waals surface area (Å²) in [5.41, 5.74) is 1.22. The van der Waals surface area contributed by atoms with Crippen molar-refractivity contribution in [1.29, 1.82) is 0 Å². The molecular weight excluding hydrogens is 361 g/mol. The van der Waals surface area contributed by atoms with Gasteiger partial charge in [-0.15, -0.1) is 0 Å². The average molecular weight is 388 g/mol. The zero-order valence-electron chi connectivity index (χ0n) is 15.9. The van der Waals surface area contributed by atoms with Gasteiger partial charge in [0.1, 0.15) is 12.3 Å². The van der Waals surface area contributed by atoms with Crippen LogP contribution in [0.15, 0.2) is 29.3 Å². The number of hydrogen-bond donors (Lipinski definition) is 2. The molecule has 0 heterocycles. The van der Waals surface area contributed by atoms with Crippen LogP contribution in [-0.2, 0) is 11.2 Å². The van der Waals surface area contributed by atoms with Crippen LogP contribution in [0.3, 0.4) is 0 Å². The number of ether oxygens (including phenoxy) is 1. The van der Waals surface area contributed by atoms with E-state index in [1.807, 2.05) is 24.3 Å². The number of aliphatic imine (C=N–C) groups is 1. The molecular formula is C18H27F3N4O2. The summed E-state index contributed by atoms with van der Waals surface area (Å²) < 4.78 is 41.9. The van der Waals surface area contributed by atoms with E-state index in [0.717, 1.165) is 32.1 Å². The van der Waals surface area contributed by atoms with Crippen LogP contribution in [0.5, 0.6) is 5.75 Å². The van der Waals surface area contributed by atoms with Crippen LogP contribution >= 0.6 is 0 Å². The topological polar surface area (TPSA) is 66.0 Å². The molecule has 0 unspecified atom stereocenters. The summed E-state index contributed by atoms with van der Waals surface area (Å²) in [7, 11) is 4.28. The largest absolute Gasteiger partial charge is 0.497 e. The first-order valence-corrected chi connectivity index (χ1v) is 8.63. The molecule has 152 valence electrons. The molecule has 0 atom stereocenters. The Balaban J connectivity index is 2.23. The van der Waals surface area contributed by atoms with Crippen molar-refractivity contribution >= 4 is 11.9 Å². The highest BCUT2D eigenvalue weighted by atomic mass is 19.4. The molecule has 0 fully saturated rings. The number of hydrogen-bond acceptors (Lipinski definition) is 3. The van der Waals surface area contributed by atoms with E-state index in [4.69, 9.17) is 4.74 Å². The molecule has 0 saturated heterocycles. The minimum absolute atomic E-state index is 0.252. The van der Waals surface area contributed by atoms with Gasteiger partial charge in [0.2, 0.25) is 5.91 Å². The Bertz CT molecular complexity index is 604. The van der Waals surface area contributed by atoms with E-state index in [2.05, 4.69) is 15.6 Å². The van der Waals surface area contributed by atoms with E-state index in [-0.39, 0.29) is 6.54 Å². The lowest BCUT2D eigenvalue weighted by atomic mass is 10.1. The van der Waals surface area contributed by atoms with Crippen LogP contribution in [-0.4, -0.2) is 63.8 Å². The third kappa shape index (κ3) is 9.72. The van der Waals surface area contributed by atoms with Crippen LogP contribution in [0.25, 0.3) is 0 Å². The lowest BCUT2D eigenvalue weighted by Crippen LogP contribution is -2.45. The van der Waals surface area contributed by atoms with E-state index < -0.39 is 18.6 Å². The number of rotatable bonds is 9. The minimum atomic E-state index is -4.41. The first-order valence-electron chi connectivity index (χ1n) is 8.63. The van der Waals surface area contributed by atoms with Gasteiger partial charge >= 0.3 is 6.18 Å². The summed E-state index contributed by atoms with van der Waals surface area (Å²) >= 11 is 0. The van der Waals surface area contributed by atoms with E-state index in [1.54, 1.807) is 7.11 Å². The predicted molar refractivity (Wildman–Crippen MR) is 99.0 cm³/mol. The number of benzene rings is 1. The molecule has 1 aromatic rings. The Morgan fingerprint density at radius 1 is 1.19 bits per heavy atom.